The van der Waals surface area contributed by atoms with Crippen LogP contribution in [0.2, 0.25) is 24.2 Å². The van der Waals surface area contributed by atoms with Crippen LogP contribution in [0.5, 0.6) is 0 Å². The van der Waals surface area contributed by atoms with E-state index in [-0.39, 0.29) is 0 Å². The molecule has 16 heavy (non-hydrogen) atoms. The highest BCUT2D eigenvalue weighted by Gasteiger charge is 2.31. The Kier molecular flexibility index (Phi) is 7.47. The van der Waals surface area contributed by atoms with E-state index in [0.29, 0.717) is 0 Å². The molecule has 0 saturated heterocycles. The highest BCUT2D eigenvalue weighted by molar-refractivity contribution is 6.84. The fourth-order valence-electron chi connectivity index (χ4n) is 1.99. The maximum absolute atomic E-state index is 5.78. The van der Waals surface area contributed by atoms with Gasteiger partial charge in [0.2, 0.25) is 16.6 Å². The van der Waals surface area contributed by atoms with Crippen molar-refractivity contribution in [3.05, 3.63) is 11.4 Å². The predicted molar refractivity (Wildman–Crippen MR) is 76.6 cm³/mol. The molecule has 0 aliphatic rings. The van der Waals surface area contributed by atoms with Gasteiger partial charge < -0.3 is 8.85 Å². The van der Waals surface area contributed by atoms with Gasteiger partial charge in [-0.25, -0.2) is 0 Å². The first kappa shape index (κ1) is 16.1. The molecule has 2 nitrogen and oxygen atoms in total. The molecule has 0 aromatic rings. The molecule has 0 N–H and O–H groups in total. The first-order valence-electron chi connectivity index (χ1n) is 6.38. The van der Waals surface area contributed by atoms with Crippen molar-refractivity contribution in [3.8, 4) is 0 Å². The van der Waals surface area contributed by atoms with Crippen molar-refractivity contribution in [1.82, 2.24) is 0 Å². The molecule has 0 unspecified atom stereocenters. The molecule has 0 aromatic heterocycles. The summed E-state index contributed by atoms with van der Waals surface area (Å²) in [6, 6.07) is 4.60. The van der Waals surface area contributed by atoms with Gasteiger partial charge in [0.15, 0.2) is 0 Å². The molecule has 0 amide bonds. The molecular formula is C12H28O2Si2. The number of hydrogen-bond acceptors (Lipinski definition) is 2. The van der Waals surface area contributed by atoms with Crippen LogP contribution in [0.3, 0.4) is 0 Å². The quantitative estimate of drug-likeness (QED) is 0.617. The molecule has 0 bridgehead atoms. The Morgan fingerprint density at radius 1 is 0.688 bits per heavy atom. The minimum Gasteiger partial charge on any atom is -0.416 e. The number of hydrogen-bond donors (Lipinski definition) is 0. The minimum absolute atomic E-state index is 1.15. The van der Waals surface area contributed by atoms with Crippen molar-refractivity contribution >= 4 is 16.6 Å². The van der Waals surface area contributed by atoms with Crippen molar-refractivity contribution in [1.29, 1.82) is 0 Å². The summed E-state index contributed by atoms with van der Waals surface area (Å²) in [5.74, 6) is 0. The molecule has 0 fully saturated rings. The van der Waals surface area contributed by atoms with Gasteiger partial charge in [0, 0.05) is 14.2 Å². The lowest BCUT2D eigenvalue weighted by Crippen LogP contribution is -2.38. The molecule has 0 rings (SSSR count). The summed E-state index contributed by atoms with van der Waals surface area (Å²) in [6.07, 6.45) is 0. The third-order valence-corrected chi connectivity index (χ3v) is 12.2. The van der Waals surface area contributed by atoms with Crippen LogP contribution in [0.25, 0.3) is 0 Å². The summed E-state index contributed by atoms with van der Waals surface area (Å²) >= 11 is 0. The predicted octanol–water partition coefficient (Wildman–Crippen LogP) is 3.88. The summed E-state index contributed by atoms with van der Waals surface area (Å²) in [4.78, 5) is 0. The van der Waals surface area contributed by atoms with E-state index in [1.54, 1.807) is 0 Å². The second kappa shape index (κ2) is 7.43. The van der Waals surface area contributed by atoms with Gasteiger partial charge in [-0.15, -0.1) is 0 Å². The van der Waals surface area contributed by atoms with E-state index >= 15 is 0 Å². The fourth-order valence-corrected chi connectivity index (χ4v) is 7.79. The third kappa shape index (κ3) is 3.84. The average Bonchev–Trinajstić information content (AvgIpc) is 2.37. The Bertz CT molecular complexity index is 171. The lowest BCUT2D eigenvalue weighted by molar-refractivity contribution is 0.400. The molecule has 0 heterocycles. The summed E-state index contributed by atoms with van der Waals surface area (Å²) in [5, 5.41) is 0. The third-order valence-electron chi connectivity index (χ3n) is 3.90. The van der Waals surface area contributed by atoms with Gasteiger partial charge in [-0.1, -0.05) is 39.1 Å². The highest BCUT2D eigenvalue weighted by atomic mass is 28.4. The van der Waals surface area contributed by atoms with Crippen LogP contribution in [0.15, 0.2) is 11.4 Å². The van der Waals surface area contributed by atoms with Crippen LogP contribution in [0.4, 0.5) is 0 Å². The van der Waals surface area contributed by atoms with Gasteiger partial charge in [-0.3, -0.25) is 0 Å². The lowest BCUT2D eigenvalue weighted by Gasteiger charge is -2.27. The zero-order valence-corrected chi connectivity index (χ0v) is 13.8. The van der Waals surface area contributed by atoms with E-state index in [4.69, 9.17) is 8.85 Å². The van der Waals surface area contributed by atoms with Crippen LogP contribution in [-0.2, 0) is 8.85 Å². The standard InChI is InChI=1S/C12H28O2Si2/c1-7-15(8-2,13-5)11-12-16(9-3,10-4)14-6/h11-12H,7-10H2,1-6H3. The highest BCUT2D eigenvalue weighted by Crippen LogP contribution is 2.22. The Labute approximate surface area is 103 Å². The molecule has 4 heteroatoms. The first-order valence-corrected chi connectivity index (χ1v) is 11.2. The molecule has 0 aliphatic heterocycles. The van der Waals surface area contributed by atoms with Crippen LogP contribution in [0.1, 0.15) is 27.7 Å². The van der Waals surface area contributed by atoms with Crippen LogP contribution < -0.4 is 0 Å². The lowest BCUT2D eigenvalue weighted by atomic mass is 10.9. The molecular weight excluding hydrogens is 232 g/mol. The molecule has 0 radical (unpaired) electrons. The van der Waals surface area contributed by atoms with Crippen molar-refractivity contribution in [2.75, 3.05) is 14.2 Å². The van der Waals surface area contributed by atoms with E-state index in [2.05, 4.69) is 39.1 Å². The van der Waals surface area contributed by atoms with Gasteiger partial charge in [0.1, 0.15) is 0 Å². The summed E-state index contributed by atoms with van der Waals surface area (Å²) in [5.41, 5.74) is 4.77. The molecule has 0 aliphatic carbocycles. The van der Waals surface area contributed by atoms with Crippen LogP contribution in [-0.4, -0.2) is 30.9 Å². The Morgan fingerprint density at radius 3 is 1.06 bits per heavy atom. The van der Waals surface area contributed by atoms with E-state index in [1.807, 2.05) is 14.2 Å². The summed E-state index contributed by atoms with van der Waals surface area (Å²) < 4.78 is 11.6. The summed E-state index contributed by atoms with van der Waals surface area (Å²) in [6.45, 7) is 8.93. The topological polar surface area (TPSA) is 18.5 Å². The minimum atomic E-state index is -1.60. The van der Waals surface area contributed by atoms with Gasteiger partial charge in [-0.05, 0) is 24.2 Å². The van der Waals surface area contributed by atoms with E-state index in [1.165, 1.54) is 0 Å². The van der Waals surface area contributed by atoms with E-state index in [0.717, 1.165) is 24.2 Å². The smallest absolute Gasteiger partial charge is 0.215 e. The average molecular weight is 261 g/mol. The first-order chi connectivity index (χ1) is 7.57. The zero-order valence-electron chi connectivity index (χ0n) is 11.8. The van der Waals surface area contributed by atoms with Gasteiger partial charge >= 0.3 is 0 Å². The molecule has 96 valence electrons. The van der Waals surface area contributed by atoms with E-state index < -0.39 is 16.6 Å². The SMILES string of the molecule is CC[Si](C=C[Si](CC)(CC)OC)(CC)OC. The van der Waals surface area contributed by atoms with Crippen LogP contribution in [0, 0.1) is 0 Å². The fraction of sp³-hybridized carbons (Fsp3) is 0.833. The van der Waals surface area contributed by atoms with Crippen molar-refractivity contribution in [3.63, 3.8) is 0 Å². The van der Waals surface area contributed by atoms with E-state index in [9.17, 15) is 0 Å². The largest absolute Gasteiger partial charge is 0.416 e. The normalized spacial score (nSPS) is 13.6. The Balaban J connectivity index is 4.88. The van der Waals surface area contributed by atoms with Gasteiger partial charge in [0.05, 0.1) is 0 Å². The molecule has 0 saturated carbocycles. The summed E-state index contributed by atoms with van der Waals surface area (Å²) in [7, 11) is 0.514. The maximum Gasteiger partial charge on any atom is 0.215 e. The van der Waals surface area contributed by atoms with Crippen LogP contribution >= 0.6 is 0 Å². The second-order valence-corrected chi connectivity index (χ2v) is 12.9. The zero-order chi connectivity index (χ0) is 12.7. The molecule has 0 aromatic carbocycles. The van der Waals surface area contributed by atoms with Crippen molar-refractivity contribution < 1.29 is 8.85 Å². The number of rotatable bonds is 8. The Hall–Kier alpha value is 0.0938. The molecule has 0 spiro atoms. The Morgan fingerprint density at radius 2 is 0.938 bits per heavy atom. The second-order valence-electron chi connectivity index (χ2n) is 4.29. The van der Waals surface area contributed by atoms with Gasteiger partial charge in [0.25, 0.3) is 0 Å². The maximum atomic E-state index is 5.78. The van der Waals surface area contributed by atoms with Crippen molar-refractivity contribution in [2.24, 2.45) is 0 Å². The molecule has 0 atom stereocenters. The van der Waals surface area contributed by atoms with Crippen molar-refractivity contribution in [2.45, 2.75) is 51.9 Å². The van der Waals surface area contributed by atoms with Gasteiger partial charge in [-0.2, -0.15) is 0 Å². The monoisotopic (exact) mass is 260 g/mol.